The first-order valence-electron chi connectivity index (χ1n) is 8.15. The molecule has 0 saturated heterocycles. The number of carbonyl (C=O) groups is 1. The number of nitrogens with zero attached hydrogens (tertiary/aromatic N) is 2. The highest BCUT2D eigenvalue weighted by Crippen LogP contribution is 2.41. The van der Waals surface area contributed by atoms with Gasteiger partial charge in [-0.1, -0.05) is 18.2 Å². The van der Waals surface area contributed by atoms with Gasteiger partial charge in [-0.3, -0.25) is 4.79 Å². The molecule has 0 saturated carbocycles. The van der Waals surface area contributed by atoms with Crippen molar-refractivity contribution in [2.75, 3.05) is 6.61 Å². The Balaban J connectivity index is 2.55. The fourth-order valence-electron chi connectivity index (χ4n) is 2.87. The maximum absolute atomic E-state index is 13.7. The Morgan fingerprint density at radius 1 is 1.36 bits per heavy atom. The molecule has 1 aromatic heterocycles. The topological polar surface area (TPSA) is 63.0 Å². The van der Waals surface area contributed by atoms with Gasteiger partial charge < -0.3 is 4.74 Å². The predicted molar refractivity (Wildman–Crippen MR) is 87.2 cm³/mol. The minimum Gasteiger partial charge on any atom is -0.465 e. The van der Waals surface area contributed by atoms with E-state index in [1.54, 1.807) is 13.0 Å². The van der Waals surface area contributed by atoms with Crippen LogP contribution in [0.1, 0.15) is 55.5 Å². The fraction of sp³-hybridized carbons (Fsp3) is 0.588. The molecule has 0 aliphatic heterocycles. The summed E-state index contributed by atoms with van der Waals surface area (Å²) in [6.45, 7) is 3.36. The summed E-state index contributed by atoms with van der Waals surface area (Å²) in [4.78, 5) is 16.1. The SMILES string of the molecule is CCOC(=O)C(C)Sc1nc2c(c(C(F)(F)F)c1C#N)CCCCC2. The van der Waals surface area contributed by atoms with E-state index in [0.717, 1.165) is 24.6 Å². The van der Waals surface area contributed by atoms with Gasteiger partial charge in [0, 0.05) is 5.69 Å². The second-order valence-electron chi connectivity index (χ2n) is 5.77. The minimum atomic E-state index is -4.63. The molecule has 0 radical (unpaired) electrons. The number of fused-ring (bicyclic) bond motifs is 1. The summed E-state index contributed by atoms with van der Waals surface area (Å²) >= 11 is 0.845. The number of halogens is 3. The maximum atomic E-state index is 13.7. The molecule has 8 heteroatoms. The van der Waals surface area contributed by atoms with Gasteiger partial charge in [-0.15, -0.1) is 0 Å². The zero-order valence-corrected chi connectivity index (χ0v) is 14.9. The van der Waals surface area contributed by atoms with Crippen LogP contribution in [0, 0.1) is 11.3 Å². The molecule has 1 heterocycles. The normalized spacial score (nSPS) is 15.7. The van der Waals surface area contributed by atoms with Gasteiger partial charge in [0.05, 0.1) is 17.7 Å². The van der Waals surface area contributed by atoms with E-state index in [1.807, 2.05) is 0 Å². The summed E-state index contributed by atoms with van der Waals surface area (Å²) in [6, 6.07) is 1.66. The van der Waals surface area contributed by atoms with E-state index in [-0.39, 0.29) is 23.6 Å². The number of carbonyl (C=O) groups excluding carboxylic acids is 1. The average molecular weight is 372 g/mol. The number of aryl methyl sites for hydroxylation is 1. The standard InChI is InChI=1S/C17H19F3N2O2S/c1-3-24-16(23)10(2)25-15-12(9-21)14(17(18,19)20)11-7-5-4-6-8-13(11)22-15/h10H,3-8H2,1-2H3. The number of hydrogen-bond donors (Lipinski definition) is 0. The number of rotatable bonds is 4. The molecule has 1 aliphatic rings. The van der Waals surface area contributed by atoms with Crippen LogP contribution < -0.4 is 0 Å². The number of pyridine rings is 1. The third kappa shape index (κ3) is 4.46. The molecule has 136 valence electrons. The van der Waals surface area contributed by atoms with Crippen LogP contribution in [-0.2, 0) is 28.5 Å². The molecule has 25 heavy (non-hydrogen) atoms. The molecule has 0 amide bonds. The van der Waals surface area contributed by atoms with Crippen molar-refractivity contribution in [1.82, 2.24) is 4.98 Å². The molecule has 0 N–H and O–H groups in total. The molecule has 0 spiro atoms. The van der Waals surface area contributed by atoms with E-state index in [0.29, 0.717) is 18.5 Å². The van der Waals surface area contributed by atoms with Crippen LogP contribution in [0.4, 0.5) is 13.2 Å². The Bertz CT molecular complexity index is 699. The van der Waals surface area contributed by atoms with Crippen LogP contribution >= 0.6 is 11.8 Å². The number of hydrogen-bond acceptors (Lipinski definition) is 5. The third-order valence-corrected chi connectivity index (χ3v) is 5.06. The Morgan fingerprint density at radius 3 is 2.64 bits per heavy atom. The molecular weight excluding hydrogens is 353 g/mol. The highest BCUT2D eigenvalue weighted by molar-refractivity contribution is 8.00. The quantitative estimate of drug-likeness (QED) is 0.448. The Labute approximate surface area is 148 Å². The van der Waals surface area contributed by atoms with Crippen LogP contribution in [0.5, 0.6) is 0 Å². The predicted octanol–water partition coefficient (Wildman–Crippen LogP) is 4.28. The Morgan fingerprint density at radius 2 is 2.04 bits per heavy atom. The van der Waals surface area contributed by atoms with E-state index in [9.17, 15) is 23.2 Å². The van der Waals surface area contributed by atoms with Crippen molar-refractivity contribution in [2.45, 2.75) is 62.4 Å². The summed E-state index contributed by atoms with van der Waals surface area (Å²) in [5.74, 6) is -0.540. The first-order valence-corrected chi connectivity index (χ1v) is 9.03. The van der Waals surface area contributed by atoms with Crippen LogP contribution in [0.3, 0.4) is 0 Å². The molecule has 0 bridgehead atoms. The van der Waals surface area contributed by atoms with Gasteiger partial charge in [0.15, 0.2) is 0 Å². The summed E-state index contributed by atoms with van der Waals surface area (Å²) in [5, 5.41) is 8.58. The van der Waals surface area contributed by atoms with Crippen molar-refractivity contribution in [3.8, 4) is 6.07 Å². The molecule has 1 aromatic rings. The van der Waals surface area contributed by atoms with Crippen molar-refractivity contribution < 1.29 is 22.7 Å². The van der Waals surface area contributed by atoms with Crippen molar-refractivity contribution in [3.05, 3.63) is 22.4 Å². The Hall–Kier alpha value is -1.75. The maximum Gasteiger partial charge on any atom is 0.418 e. The van der Waals surface area contributed by atoms with E-state index in [2.05, 4.69) is 4.98 Å². The largest absolute Gasteiger partial charge is 0.465 e. The second-order valence-corrected chi connectivity index (χ2v) is 7.10. The van der Waals surface area contributed by atoms with Crippen molar-refractivity contribution in [3.63, 3.8) is 0 Å². The van der Waals surface area contributed by atoms with Gasteiger partial charge in [-0.2, -0.15) is 18.4 Å². The molecule has 0 fully saturated rings. The zero-order chi connectivity index (χ0) is 18.6. The molecule has 1 aliphatic carbocycles. The van der Waals surface area contributed by atoms with Gasteiger partial charge in [0.1, 0.15) is 16.3 Å². The van der Waals surface area contributed by atoms with Crippen molar-refractivity contribution >= 4 is 17.7 Å². The summed E-state index contributed by atoms with van der Waals surface area (Å²) in [7, 11) is 0. The number of alkyl halides is 3. The average Bonchev–Trinajstić information content (AvgIpc) is 2.77. The van der Waals surface area contributed by atoms with Crippen LogP contribution in [0.2, 0.25) is 0 Å². The van der Waals surface area contributed by atoms with Gasteiger partial charge in [0.25, 0.3) is 0 Å². The van der Waals surface area contributed by atoms with E-state index in [4.69, 9.17) is 4.74 Å². The van der Waals surface area contributed by atoms with E-state index < -0.39 is 28.5 Å². The van der Waals surface area contributed by atoms with Gasteiger partial charge in [-0.05, 0) is 45.1 Å². The molecule has 1 unspecified atom stereocenters. The van der Waals surface area contributed by atoms with Gasteiger partial charge in [0.2, 0.25) is 0 Å². The number of ether oxygens (including phenoxy) is 1. The number of thioether (sulfide) groups is 1. The molecule has 0 aromatic carbocycles. The zero-order valence-electron chi connectivity index (χ0n) is 14.1. The van der Waals surface area contributed by atoms with Crippen LogP contribution in [0.15, 0.2) is 5.03 Å². The lowest BCUT2D eigenvalue weighted by atomic mass is 9.97. The first kappa shape index (κ1) is 19.6. The molecule has 1 atom stereocenters. The summed E-state index contributed by atoms with van der Waals surface area (Å²) < 4.78 is 45.9. The Kier molecular flexibility index (Phi) is 6.33. The number of nitriles is 1. The molecular formula is C17H19F3N2O2S. The van der Waals surface area contributed by atoms with E-state index in [1.165, 1.54) is 6.92 Å². The smallest absolute Gasteiger partial charge is 0.418 e. The monoisotopic (exact) mass is 372 g/mol. The van der Waals surface area contributed by atoms with Gasteiger partial charge >= 0.3 is 12.1 Å². The molecule has 2 rings (SSSR count). The van der Waals surface area contributed by atoms with Crippen LogP contribution in [-0.4, -0.2) is 22.8 Å². The summed E-state index contributed by atoms with van der Waals surface area (Å²) in [6.07, 6.45) is -1.67. The lowest BCUT2D eigenvalue weighted by molar-refractivity contribution is -0.142. The van der Waals surface area contributed by atoms with Crippen LogP contribution in [0.25, 0.3) is 0 Å². The third-order valence-electron chi connectivity index (χ3n) is 3.99. The van der Waals surface area contributed by atoms with Crippen molar-refractivity contribution in [2.24, 2.45) is 0 Å². The molecule has 4 nitrogen and oxygen atoms in total. The van der Waals surface area contributed by atoms with Gasteiger partial charge in [-0.25, -0.2) is 4.98 Å². The lowest BCUT2D eigenvalue weighted by Crippen LogP contribution is -2.20. The lowest BCUT2D eigenvalue weighted by Gasteiger charge is -2.19. The van der Waals surface area contributed by atoms with Crippen molar-refractivity contribution in [1.29, 1.82) is 5.26 Å². The minimum absolute atomic E-state index is 0.0453. The highest BCUT2D eigenvalue weighted by atomic mass is 32.2. The number of esters is 1. The summed E-state index contributed by atoms with van der Waals surface area (Å²) in [5.41, 5.74) is -0.855. The highest BCUT2D eigenvalue weighted by Gasteiger charge is 2.40. The van der Waals surface area contributed by atoms with E-state index >= 15 is 0 Å². The fourth-order valence-corrected chi connectivity index (χ4v) is 3.80. The first-order chi connectivity index (χ1) is 11.8. The number of aromatic nitrogens is 1. The second kappa shape index (κ2) is 8.09.